The van der Waals surface area contributed by atoms with E-state index in [1.807, 2.05) is 0 Å². The highest BCUT2D eigenvalue weighted by Gasteiger charge is 2.15. The summed E-state index contributed by atoms with van der Waals surface area (Å²) in [6, 6.07) is 0. The molecule has 0 saturated heterocycles. The molecule has 0 bridgehead atoms. The molecule has 0 radical (unpaired) electrons. The highest BCUT2D eigenvalue weighted by Crippen LogP contribution is 2.29. The van der Waals surface area contributed by atoms with Crippen LogP contribution in [0.1, 0.15) is 24.3 Å². The van der Waals surface area contributed by atoms with Crippen molar-refractivity contribution >= 4 is 27.3 Å². The quantitative estimate of drug-likeness (QED) is 0.855. The van der Waals surface area contributed by atoms with Crippen molar-refractivity contribution in [3.8, 4) is 0 Å². The number of hydrogen-bond donors (Lipinski definition) is 1. The molecule has 0 aliphatic rings. The third kappa shape index (κ3) is 2.57. The minimum Gasteiger partial charge on any atom is -0.325 e. The van der Waals surface area contributed by atoms with Crippen molar-refractivity contribution in [1.29, 1.82) is 0 Å². The standard InChI is InChI=1S/C9H14BrNS/c1-6-5-12-7(8(6)10)4-9(2,3)11/h5H,4,11H2,1-3H3. The first-order valence-electron chi connectivity index (χ1n) is 3.91. The van der Waals surface area contributed by atoms with Gasteiger partial charge in [-0.3, -0.25) is 0 Å². The molecule has 0 aliphatic heterocycles. The van der Waals surface area contributed by atoms with E-state index in [9.17, 15) is 0 Å². The Morgan fingerprint density at radius 2 is 2.17 bits per heavy atom. The number of rotatable bonds is 2. The molecule has 1 rings (SSSR count). The van der Waals surface area contributed by atoms with Crippen LogP contribution in [0.3, 0.4) is 0 Å². The van der Waals surface area contributed by atoms with Crippen LogP contribution < -0.4 is 5.73 Å². The van der Waals surface area contributed by atoms with Crippen LogP contribution >= 0.6 is 27.3 Å². The van der Waals surface area contributed by atoms with Crippen LogP contribution in [0.15, 0.2) is 9.85 Å². The molecule has 0 fully saturated rings. The summed E-state index contributed by atoms with van der Waals surface area (Å²) in [5, 5.41) is 2.16. The van der Waals surface area contributed by atoms with Gasteiger partial charge in [0.2, 0.25) is 0 Å². The van der Waals surface area contributed by atoms with Gasteiger partial charge in [0.15, 0.2) is 0 Å². The first-order chi connectivity index (χ1) is 5.40. The molecule has 0 aliphatic carbocycles. The van der Waals surface area contributed by atoms with Gasteiger partial charge in [-0.1, -0.05) is 0 Å². The summed E-state index contributed by atoms with van der Waals surface area (Å²) in [6.45, 7) is 6.20. The molecule has 1 nitrogen and oxygen atoms in total. The van der Waals surface area contributed by atoms with Crippen molar-refractivity contribution in [2.24, 2.45) is 5.73 Å². The fourth-order valence-electron chi connectivity index (χ4n) is 1.02. The molecule has 0 saturated carbocycles. The lowest BCUT2D eigenvalue weighted by molar-refractivity contribution is 0.520. The van der Waals surface area contributed by atoms with Crippen molar-refractivity contribution in [3.63, 3.8) is 0 Å². The largest absolute Gasteiger partial charge is 0.325 e. The smallest absolute Gasteiger partial charge is 0.0344 e. The summed E-state index contributed by atoms with van der Waals surface area (Å²) in [5.41, 5.74) is 7.13. The number of hydrogen-bond acceptors (Lipinski definition) is 2. The summed E-state index contributed by atoms with van der Waals surface area (Å²) < 4.78 is 1.23. The molecule has 0 atom stereocenters. The third-order valence-corrected chi connectivity index (χ3v) is 4.06. The summed E-state index contributed by atoms with van der Waals surface area (Å²) in [4.78, 5) is 1.35. The molecule has 0 aromatic carbocycles. The monoisotopic (exact) mass is 247 g/mol. The second-order valence-corrected chi connectivity index (χ2v) is 5.58. The van der Waals surface area contributed by atoms with Crippen molar-refractivity contribution in [3.05, 3.63) is 20.3 Å². The Bertz CT molecular complexity index is 273. The van der Waals surface area contributed by atoms with E-state index in [0.717, 1.165) is 6.42 Å². The average molecular weight is 248 g/mol. The average Bonchev–Trinajstić information content (AvgIpc) is 2.16. The van der Waals surface area contributed by atoms with Gasteiger partial charge in [-0.2, -0.15) is 0 Å². The predicted octanol–water partition coefficient (Wildman–Crippen LogP) is 3.10. The van der Waals surface area contributed by atoms with Crippen molar-refractivity contribution in [2.75, 3.05) is 0 Å². The van der Waals surface area contributed by atoms with Crippen LogP contribution in [-0.4, -0.2) is 5.54 Å². The zero-order chi connectivity index (χ0) is 9.35. The van der Waals surface area contributed by atoms with Crippen LogP contribution in [0.25, 0.3) is 0 Å². The molecular formula is C9H14BrNS. The highest BCUT2D eigenvalue weighted by molar-refractivity contribution is 9.10. The fraction of sp³-hybridized carbons (Fsp3) is 0.556. The van der Waals surface area contributed by atoms with Crippen LogP contribution in [0, 0.1) is 6.92 Å². The Kier molecular flexibility index (Phi) is 2.97. The molecule has 0 amide bonds. The van der Waals surface area contributed by atoms with Gasteiger partial charge < -0.3 is 5.73 Å². The Morgan fingerprint density at radius 3 is 2.50 bits per heavy atom. The molecule has 68 valence electrons. The van der Waals surface area contributed by atoms with E-state index in [-0.39, 0.29) is 5.54 Å². The van der Waals surface area contributed by atoms with Gasteiger partial charge in [-0.15, -0.1) is 11.3 Å². The Morgan fingerprint density at radius 1 is 1.58 bits per heavy atom. The summed E-state index contributed by atoms with van der Waals surface area (Å²) in [7, 11) is 0. The predicted molar refractivity (Wildman–Crippen MR) is 58.7 cm³/mol. The van der Waals surface area contributed by atoms with E-state index >= 15 is 0 Å². The number of halogens is 1. The van der Waals surface area contributed by atoms with Crippen molar-refractivity contribution in [1.82, 2.24) is 0 Å². The topological polar surface area (TPSA) is 26.0 Å². The van der Waals surface area contributed by atoms with Crippen LogP contribution in [0.4, 0.5) is 0 Å². The van der Waals surface area contributed by atoms with Crippen LogP contribution in [-0.2, 0) is 6.42 Å². The molecular weight excluding hydrogens is 234 g/mol. The van der Waals surface area contributed by atoms with Crippen LogP contribution in [0.2, 0.25) is 0 Å². The zero-order valence-corrected chi connectivity index (χ0v) is 10.1. The molecule has 1 aromatic heterocycles. The second kappa shape index (κ2) is 3.48. The first-order valence-corrected chi connectivity index (χ1v) is 5.59. The molecule has 2 N–H and O–H groups in total. The summed E-state index contributed by atoms with van der Waals surface area (Å²) >= 11 is 5.33. The van der Waals surface area contributed by atoms with E-state index in [4.69, 9.17) is 5.73 Å². The molecule has 1 heterocycles. The van der Waals surface area contributed by atoms with Gasteiger partial charge in [-0.25, -0.2) is 0 Å². The van der Waals surface area contributed by atoms with E-state index in [2.05, 4.69) is 42.1 Å². The SMILES string of the molecule is Cc1csc(CC(C)(C)N)c1Br. The molecule has 0 spiro atoms. The maximum absolute atomic E-state index is 5.93. The Labute approximate surface area is 86.1 Å². The van der Waals surface area contributed by atoms with Gasteiger partial charge in [0.25, 0.3) is 0 Å². The minimum absolute atomic E-state index is 0.111. The minimum atomic E-state index is -0.111. The van der Waals surface area contributed by atoms with Gasteiger partial charge >= 0.3 is 0 Å². The maximum Gasteiger partial charge on any atom is 0.0344 e. The van der Waals surface area contributed by atoms with E-state index in [0.29, 0.717) is 0 Å². The second-order valence-electron chi connectivity index (χ2n) is 3.82. The summed E-state index contributed by atoms with van der Waals surface area (Å²) in [6.07, 6.45) is 0.937. The zero-order valence-electron chi connectivity index (χ0n) is 7.65. The fourth-order valence-corrected chi connectivity index (χ4v) is 2.86. The third-order valence-electron chi connectivity index (χ3n) is 1.59. The maximum atomic E-state index is 5.93. The Balaban J connectivity index is 2.83. The summed E-state index contributed by atoms with van der Waals surface area (Å²) in [5.74, 6) is 0. The Hall–Kier alpha value is 0.140. The molecule has 1 aromatic rings. The first kappa shape index (κ1) is 10.2. The van der Waals surface area contributed by atoms with Gasteiger partial charge in [-0.05, 0) is 47.6 Å². The van der Waals surface area contributed by atoms with Crippen molar-refractivity contribution in [2.45, 2.75) is 32.7 Å². The molecule has 12 heavy (non-hydrogen) atoms. The normalized spacial score (nSPS) is 12.1. The van der Waals surface area contributed by atoms with Gasteiger partial charge in [0.05, 0.1) is 0 Å². The molecule has 0 unspecified atom stereocenters. The van der Waals surface area contributed by atoms with E-state index in [1.54, 1.807) is 11.3 Å². The van der Waals surface area contributed by atoms with E-state index in [1.165, 1.54) is 14.9 Å². The number of nitrogens with two attached hydrogens (primary N) is 1. The van der Waals surface area contributed by atoms with Crippen molar-refractivity contribution < 1.29 is 0 Å². The number of thiophene rings is 1. The van der Waals surface area contributed by atoms with E-state index < -0.39 is 0 Å². The lowest BCUT2D eigenvalue weighted by atomic mass is 10.0. The highest BCUT2D eigenvalue weighted by atomic mass is 79.9. The van der Waals surface area contributed by atoms with Gasteiger partial charge in [0.1, 0.15) is 0 Å². The molecule has 3 heteroatoms. The van der Waals surface area contributed by atoms with Gasteiger partial charge in [0, 0.05) is 21.3 Å². The lowest BCUT2D eigenvalue weighted by Crippen LogP contribution is -2.34. The number of aryl methyl sites for hydroxylation is 1. The lowest BCUT2D eigenvalue weighted by Gasteiger charge is -2.17. The van der Waals surface area contributed by atoms with Crippen LogP contribution in [0.5, 0.6) is 0 Å².